The summed E-state index contributed by atoms with van der Waals surface area (Å²) in [6, 6.07) is 3.24. The number of benzene rings is 1. The lowest BCUT2D eigenvalue weighted by molar-refractivity contribution is 0.601. The molecule has 0 radical (unpaired) electrons. The van der Waals surface area contributed by atoms with Crippen LogP contribution in [0.3, 0.4) is 0 Å². The molecule has 1 aromatic rings. The maximum Gasteiger partial charge on any atom is 0.151 e. The summed E-state index contributed by atoms with van der Waals surface area (Å²) in [4.78, 5) is 0. The van der Waals surface area contributed by atoms with Crippen LogP contribution in [0.25, 0.3) is 0 Å². The Morgan fingerprint density at radius 2 is 1.71 bits per heavy atom. The molecule has 1 rings (SSSR count). The minimum Gasteiger partial charge on any atom is -0.229 e. The third-order valence-corrected chi connectivity index (χ3v) is 3.46. The summed E-state index contributed by atoms with van der Waals surface area (Å²) in [6.07, 6.45) is 1.14. The van der Waals surface area contributed by atoms with Gasteiger partial charge in [-0.2, -0.15) is 0 Å². The molecule has 1 aromatic carbocycles. The molecule has 0 bridgehead atoms. The van der Waals surface area contributed by atoms with Crippen LogP contribution in [-0.2, 0) is 15.6 Å². The van der Waals surface area contributed by atoms with E-state index in [4.69, 9.17) is 23.2 Å². The van der Waals surface area contributed by atoms with E-state index >= 15 is 0 Å². The molecule has 78 valence electrons. The van der Waals surface area contributed by atoms with Crippen LogP contribution in [-0.4, -0.2) is 14.7 Å². The van der Waals surface area contributed by atoms with Crippen molar-refractivity contribution in [2.75, 3.05) is 6.26 Å². The average molecular weight is 318 g/mol. The third kappa shape index (κ3) is 3.42. The Balaban J connectivity index is 3.22. The van der Waals surface area contributed by atoms with E-state index in [1.54, 1.807) is 12.1 Å². The number of sulfone groups is 1. The molecular weight excluding hydrogens is 311 g/mol. The summed E-state index contributed by atoms with van der Waals surface area (Å²) >= 11 is 14.9. The molecule has 0 unspecified atom stereocenters. The van der Waals surface area contributed by atoms with Crippen LogP contribution in [0.1, 0.15) is 5.56 Å². The van der Waals surface area contributed by atoms with Gasteiger partial charge in [-0.3, -0.25) is 0 Å². The zero-order valence-corrected chi connectivity index (χ0v) is 11.1. The second-order valence-electron chi connectivity index (χ2n) is 2.92. The highest BCUT2D eigenvalue weighted by atomic mass is 79.9. The third-order valence-electron chi connectivity index (χ3n) is 1.51. The van der Waals surface area contributed by atoms with Crippen molar-refractivity contribution in [2.24, 2.45) is 0 Å². The summed E-state index contributed by atoms with van der Waals surface area (Å²) < 4.78 is 22.8. The molecule has 0 saturated heterocycles. The van der Waals surface area contributed by atoms with Gasteiger partial charge in [0, 0.05) is 26.3 Å². The van der Waals surface area contributed by atoms with E-state index in [0.29, 0.717) is 15.6 Å². The minimum absolute atomic E-state index is 0.141. The summed E-state index contributed by atoms with van der Waals surface area (Å²) in [6.45, 7) is 0. The van der Waals surface area contributed by atoms with E-state index in [2.05, 4.69) is 15.9 Å². The lowest BCUT2D eigenvalue weighted by Crippen LogP contribution is -2.02. The monoisotopic (exact) mass is 316 g/mol. The molecule has 0 amide bonds. The van der Waals surface area contributed by atoms with Gasteiger partial charge in [0.25, 0.3) is 0 Å². The lowest BCUT2D eigenvalue weighted by Gasteiger charge is -2.06. The molecule has 0 fully saturated rings. The number of hydrogen-bond acceptors (Lipinski definition) is 2. The normalized spacial score (nSPS) is 11.7. The van der Waals surface area contributed by atoms with Gasteiger partial charge in [-0.05, 0) is 12.1 Å². The van der Waals surface area contributed by atoms with Gasteiger partial charge < -0.3 is 0 Å². The molecule has 0 atom stereocenters. The molecule has 0 heterocycles. The van der Waals surface area contributed by atoms with Crippen molar-refractivity contribution in [1.29, 1.82) is 0 Å². The molecular formula is C8H7BrCl2O2S. The Morgan fingerprint density at radius 3 is 2.07 bits per heavy atom. The Morgan fingerprint density at radius 1 is 1.29 bits per heavy atom. The second kappa shape index (κ2) is 4.39. The van der Waals surface area contributed by atoms with E-state index in [-0.39, 0.29) is 5.75 Å². The zero-order chi connectivity index (χ0) is 10.9. The van der Waals surface area contributed by atoms with Crippen LogP contribution in [0.2, 0.25) is 10.0 Å². The molecule has 14 heavy (non-hydrogen) atoms. The van der Waals surface area contributed by atoms with Crippen LogP contribution < -0.4 is 0 Å². The maximum atomic E-state index is 11.1. The van der Waals surface area contributed by atoms with Gasteiger partial charge in [0.05, 0.1) is 5.75 Å². The molecule has 0 saturated carbocycles. The quantitative estimate of drug-likeness (QED) is 0.838. The maximum absolute atomic E-state index is 11.1. The molecule has 0 aliphatic heterocycles. The average Bonchev–Trinajstić information content (AvgIpc) is 1.95. The summed E-state index contributed by atoms with van der Waals surface area (Å²) in [5.41, 5.74) is 0.444. The highest BCUT2D eigenvalue weighted by Crippen LogP contribution is 2.30. The van der Waals surface area contributed by atoms with Crippen molar-refractivity contribution in [3.05, 3.63) is 32.2 Å². The molecule has 0 N–H and O–H groups in total. The van der Waals surface area contributed by atoms with Crippen molar-refractivity contribution in [3.8, 4) is 0 Å². The van der Waals surface area contributed by atoms with Crippen molar-refractivity contribution in [3.63, 3.8) is 0 Å². The highest BCUT2D eigenvalue weighted by molar-refractivity contribution is 9.10. The molecule has 0 aliphatic carbocycles. The van der Waals surface area contributed by atoms with Crippen LogP contribution in [0.4, 0.5) is 0 Å². The number of rotatable bonds is 2. The van der Waals surface area contributed by atoms with Crippen molar-refractivity contribution in [1.82, 2.24) is 0 Å². The molecule has 6 heteroatoms. The first-order valence-electron chi connectivity index (χ1n) is 3.61. The Bertz CT molecular complexity index is 433. The summed E-state index contributed by atoms with van der Waals surface area (Å²) in [5.74, 6) is -0.141. The van der Waals surface area contributed by atoms with Crippen LogP contribution in [0.5, 0.6) is 0 Å². The van der Waals surface area contributed by atoms with E-state index in [1.165, 1.54) is 0 Å². The SMILES string of the molecule is CS(=O)(=O)Cc1c(Cl)cc(Br)cc1Cl. The molecule has 2 nitrogen and oxygen atoms in total. The molecule has 0 spiro atoms. The smallest absolute Gasteiger partial charge is 0.151 e. The fourth-order valence-electron chi connectivity index (χ4n) is 0.972. The highest BCUT2D eigenvalue weighted by Gasteiger charge is 2.12. The first-order chi connectivity index (χ1) is 6.29. The van der Waals surface area contributed by atoms with Gasteiger partial charge in [-0.1, -0.05) is 39.1 Å². The predicted octanol–water partition coefficient (Wildman–Crippen LogP) is 3.30. The Kier molecular flexibility index (Phi) is 3.86. The van der Waals surface area contributed by atoms with E-state index in [0.717, 1.165) is 10.7 Å². The zero-order valence-electron chi connectivity index (χ0n) is 7.22. The Labute approximate surface area is 101 Å². The van der Waals surface area contributed by atoms with Crippen molar-refractivity contribution in [2.45, 2.75) is 5.75 Å². The van der Waals surface area contributed by atoms with Crippen LogP contribution in [0.15, 0.2) is 16.6 Å². The summed E-state index contributed by atoms with van der Waals surface area (Å²) in [5, 5.41) is 0.713. The lowest BCUT2D eigenvalue weighted by atomic mass is 10.2. The van der Waals surface area contributed by atoms with Gasteiger partial charge in [0.15, 0.2) is 9.84 Å². The van der Waals surface area contributed by atoms with Gasteiger partial charge in [0.1, 0.15) is 0 Å². The number of hydrogen-bond donors (Lipinski definition) is 0. The topological polar surface area (TPSA) is 34.1 Å². The van der Waals surface area contributed by atoms with E-state index in [9.17, 15) is 8.42 Å². The standard InChI is InChI=1S/C8H7BrCl2O2S/c1-14(12,13)4-6-7(10)2-5(9)3-8(6)11/h2-3H,4H2,1H3. The fourth-order valence-corrected chi connectivity index (χ4v) is 3.31. The Hall–Kier alpha value is 0.230. The van der Waals surface area contributed by atoms with Gasteiger partial charge >= 0.3 is 0 Å². The minimum atomic E-state index is -3.12. The first-order valence-corrected chi connectivity index (χ1v) is 7.21. The molecule has 0 aromatic heterocycles. The van der Waals surface area contributed by atoms with E-state index in [1.807, 2.05) is 0 Å². The van der Waals surface area contributed by atoms with Gasteiger partial charge in [0.2, 0.25) is 0 Å². The summed E-state index contributed by atoms with van der Waals surface area (Å²) in [7, 11) is -3.12. The number of halogens is 3. The van der Waals surface area contributed by atoms with E-state index < -0.39 is 9.84 Å². The first kappa shape index (κ1) is 12.3. The molecule has 0 aliphatic rings. The second-order valence-corrected chi connectivity index (χ2v) is 6.79. The van der Waals surface area contributed by atoms with Crippen molar-refractivity contribution < 1.29 is 8.42 Å². The van der Waals surface area contributed by atoms with Crippen LogP contribution in [0, 0.1) is 0 Å². The van der Waals surface area contributed by atoms with Gasteiger partial charge in [-0.25, -0.2) is 8.42 Å². The fraction of sp³-hybridized carbons (Fsp3) is 0.250. The van der Waals surface area contributed by atoms with Crippen LogP contribution >= 0.6 is 39.1 Å². The largest absolute Gasteiger partial charge is 0.229 e. The predicted molar refractivity (Wildman–Crippen MR) is 62.7 cm³/mol. The van der Waals surface area contributed by atoms with Crippen molar-refractivity contribution >= 4 is 49.0 Å². The van der Waals surface area contributed by atoms with Gasteiger partial charge in [-0.15, -0.1) is 0 Å².